The number of aromatic nitrogens is 2. The van der Waals surface area contributed by atoms with Gasteiger partial charge >= 0.3 is 0 Å². The maximum Gasteiger partial charge on any atom is 0.267 e. The summed E-state index contributed by atoms with van der Waals surface area (Å²) >= 11 is 3.26. The van der Waals surface area contributed by atoms with Crippen LogP contribution in [0, 0.1) is 5.92 Å². The Bertz CT molecular complexity index is 1090. The van der Waals surface area contributed by atoms with Crippen molar-refractivity contribution in [2.75, 3.05) is 12.9 Å². The summed E-state index contributed by atoms with van der Waals surface area (Å²) in [5.41, 5.74) is 1.97. The standard InChI is InChI=1S/C23H28N2O3S2/c1-5-6-11-29-23-24-21-20(17-12-18(14(2)3)28-13-19(17)30-21)22(26)25(23)15-7-9-16(27-4)10-8-15/h7-10,14,18H,5-6,11-13H2,1-4H3. The molecule has 1 aliphatic rings. The fourth-order valence-corrected chi connectivity index (χ4v) is 5.96. The smallest absolute Gasteiger partial charge is 0.267 e. The molecule has 160 valence electrons. The number of methoxy groups -OCH3 is 1. The van der Waals surface area contributed by atoms with Crippen molar-refractivity contribution in [1.29, 1.82) is 0 Å². The number of hydrogen-bond acceptors (Lipinski definition) is 6. The van der Waals surface area contributed by atoms with Crippen molar-refractivity contribution >= 4 is 33.3 Å². The summed E-state index contributed by atoms with van der Waals surface area (Å²) in [5.74, 6) is 2.12. The SMILES string of the molecule is CCCCSc1nc2sc3c(c2c(=O)n1-c1ccc(OC)cc1)CC(C(C)C)OC3. The number of hydrogen-bond donors (Lipinski definition) is 0. The van der Waals surface area contributed by atoms with Gasteiger partial charge in [-0.2, -0.15) is 0 Å². The van der Waals surface area contributed by atoms with Crippen molar-refractivity contribution in [3.8, 4) is 11.4 Å². The predicted molar refractivity (Wildman–Crippen MR) is 125 cm³/mol. The molecule has 0 amide bonds. The largest absolute Gasteiger partial charge is 0.497 e. The molecule has 0 saturated carbocycles. The van der Waals surface area contributed by atoms with Gasteiger partial charge in [0.25, 0.3) is 5.56 Å². The number of benzene rings is 1. The second kappa shape index (κ2) is 9.12. The number of nitrogens with zero attached hydrogens (tertiary/aromatic N) is 2. The molecule has 1 unspecified atom stereocenters. The topological polar surface area (TPSA) is 53.4 Å². The molecule has 5 nitrogen and oxygen atoms in total. The number of thioether (sulfide) groups is 1. The van der Waals surface area contributed by atoms with Gasteiger partial charge < -0.3 is 9.47 Å². The number of rotatable bonds is 7. The van der Waals surface area contributed by atoms with E-state index in [2.05, 4.69) is 20.8 Å². The van der Waals surface area contributed by atoms with E-state index in [1.54, 1.807) is 34.8 Å². The molecule has 0 spiro atoms. The second-order valence-electron chi connectivity index (χ2n) is 7.92. The van der Waals surface area contributed by atoms with Crippen LogP contribution < -0.4 is 10.3 Å². The zero-order valence-corrected chi connectivity index (χ0v) is 19.6. The second-order valence-corrected chi connectivity index (χ2v) is 10.1. The predicted octanol–water partition coefficient (Wildman–Crippen LogP) is 5.45. The highest BCUT2D eigenvalue weighted by atomic mass is 32.2. The minimum atomic E-state index is 0.0195. The van der Waals surface area contributed by atoms with E-state index in [-0.39, 0.29) is 11.7 Å². The lowest BCUT2D eigenvalue weighted by Crippen LogP contribution is -2.28. The normalized spacial score (nSPS) is 16.2. The number of ether oxygens (including phenoxy) is 2. The highest BCUT2D eigenvalue weighted by Crippen LogP contribution is 2.36. The average molecular weight is 445 g/mol. The van der Waals surface area contributed by atoms with E-state index in [1.807, 2.05) is 24.3 Å². The highest BCUT2D eigenvalue weighted by molar-refractivity contribution is 7.99. The fraction of sp³-hybridized carbons (Fsp3) is 0.478. The molecule has 0 aliphatic carbocycles. The summed E-state index contributed by atoms with van der Waals surface area (Å²) in [5, 5.41) is 1.52. The van der Waals surface area contributed by atoms with Crippen molar-refractivity contribution in [2.24, 2.45) is 5.92 Å². The van der Waals surface area contributed by atoms with Crippen molar-refractivity contribution in [1.82, 2.24) is 9.55 Å². The lowest BCUT2D eigenvalue weighted by atomic mass is 9.96. The Balaban J connectivity index is 1.88. The maximum atomic E-state index is 13.8. The van der Waals surface area contributed by atoms with Gasteiger partial charge in [-0.05, 0) is 42.2 Å². The highest BCUT2D eigenvalue weighted by Gasteiger charge is 2.28. The van der Waals surface area contributed by atoms with Crippen LogP contribution >= 0.6 is 23.1 Å². The van der Waals surface area contributed by atoms with E-state index in [9.17, 15) is 4.79 Å². The summed E-state index contributed by atoms with van der Waals surface area (Å²) in [6.07, 6.45) is 3.12. The lowest BCUT2D eigenvalue weighted by molar-refractivity contribution is 0.00200. The van der Waals surface area contributed by atoms with Gasteiger partial charge in [0, 0.05) is 17.1 Å². The van der Waals surface area contributed by atoms with E-state index >= 15 is 0 Å². The molecule has 0 radical (unpaired) electrons. The molecule has 0 saturated heterocycles. The molecule has 1 atom stereocenters. The number of fused-ring (bicyclic) bond motifs is 3. The zero-order valence-electron chi connectivity index (χ0n) is 17.9. The van der Waals surface area contributed by atoms with Crippen LogP contribution in [0.25, 0.3) is 15.9 Å². The summed E-state index contributed by atoms with van der Waals surface area (Å²) in [6, 6.07) is 7.63. The number of thiophene rings is 1. The van der Waals surface area contributed by atoms with Crippen LogP contribution in [0.3, 0.4) is 0 Å². The molecule has 1 aliphatic heterocycles. The molecule has 0 fully saturated rings. The molecular weight excluding hydrogens is 416 g/mol. The van der Waals surface area contributed by atoms with Crippen LogP contribution in [0.5, 0.6) is 5.75 Å². The van der Waals surface area contributed by atoms with Gasteiger partial charge in [-0.15, -0.1) is 11.3 Å². The van der Waals surface area contributed by atoms with Gasteiger partial charge in [-0.1, -0.05) is 39.0 Å². The summed E-state index contributed by atoms with van der Waals surface area (Å²) in [4.78, 5) is 20.7. The first-order valence-electron chi connectivity index (χ1n) is 10.5. The monoisotopic (exact) mass is 444 g/mol. The van der Waals surface area contributed by atoms with Gasteiger partial charge in [0.05, 0.1) is 30.9 Å². The summed E-state index contributed by atoms with van der Waals surface area (Å²) in [6.45, 7) is 7.08. The third-order valence-corrected chi connectivity index (χ3v) is 7.64. The van der Waals surface area contributed by atoms with E-state index in [0.29, 0.717) is 12.5 Å². The number of unbranched alkanes of at least 4 members (excludes halogenated alkanes) is 1. The molecular formula is C23H28N2O3S2. The van der Waals surface area contributed by atoms with Crippen LogP contribution in [-0.4, -0.2) is 28.5 Å². The minimum absolute atomic E-state index is 0.0195. The Kier molecular flexibility index (Phi) is 6.51. The van der Waals surface area contributed by atoms with Crippen molar-refractivity contribution in [2.45, 2.75) is 57.9 Å². The fourth-order valence-electron chi connectivity index (χ4n) is 3.70. The van der Waals surface area contributed by atoms with Crippen LogP contribution in [0.2, 0.25) is 0 Å². The van der Waals surface area contributed by atoms with Crippen LogP contribution in [0.1, 0.15) is 44.1 Å². The quantitative estimate of drug-likeness (QED) is 0.276. The molecule has 7 heteroatoms. The van der Waals surface area contributed by atoms with Crippen molar-refractivity contribution < 1.29 is 9.47 Å². The van der Waals surface area contributed by atoms with Crippen LogP contribution in [0.15, 0.2) is 34.2 Å². The minimum Gasteiger partial charge on any atom is -0.497 e. The first-order valence-corrected chi connectivity index (χ1v) is 12.3. The zero-order chi connectivity index (χ0) is 21.3. The van der Waals surface area contributed by atoms with E-state index < -0.39 is 0 Å². The Morgan fingerprint density at radius 1 is 1.33 bits per heavy atom. The van der Waals surface area contributed by atoms with Gasteiger partial charge in [0.15, 0.2) is 5.16 Å². The van der Waals surface area contributed by atoms with Crippen molar-refractivity contribution in [3.63, 3.8) is 0 Å². The third-order valence-electron chi connectivity index (χ3n) is 5.51. The molecule has 0 bridgehead atoms. The van der Waals surface area contributed by atoms with Gasteiger partial charge in [-0.25, -0.2) is 4.98 Å². The van der Waals surface area contributed by atoms with Crippen molar-refractivity contribution in [3.05, 3.63) is 45.1 Å². The van der Waals surface area contributed by atoms with Gasteiger partial charge in [0.2, 0.25) is 0 Å². The first-order chi connectivity index (χ1) is 14.5. The third kappa shape index (κ3) is 4.03. The Hall–Kier alpha value is -1.83. The molecule has 3 heterocycles. The molecule has 4 rings (SSSR count). The van der Waals surface area contributed by atoms with Crippen LogP contribution in [-0.2, 0) is 17.8 Å². The molecule has 0 N–H and O–H groups in total. The Labute approximate surface area is 185 Å². The van der Waals surface area contributed by atoms with E-state index in [0.717, 1.165) is 62.3 Å². The van der Waals surface area contributed by atoms with Gasteiger partial charge in [0.1, 0.15) is 10.6 Å². The first kappa shape index (κ1) is 21.4. The Morgan fingerprint density at radius 3 is 2.77 bits per heavy atom. The molecule has 2 aromatic heterocycles. The van der Waals surface area contributed by atoms with Crippen LogP contribution in [0.4, 0.5) is 0 Å². The molecule has 1 aromatic carbocycles. The molecule has 30 heavy (non-hydrogen) atoms. The summed E-state index contributed by atoms with van der Waals surface area (Å²) in [7, 11) is 1.64. The maximum absolute atomic E-state index is 13.8. The van der Waals surface area contributed by atoms with E-state index in [4.69, 9.17) is 14.5 Å². The van der Waals surface area contributed by atoms with E-state index in [1.165, 1.54) is 0 Å². The molecule has 3 aromatic rings. The average Bonchev–Trinajstić information content (AvgIpc) is 3.12. The Morgan fingerprint density at radius 2 is 2.10 bits per heavy atom. The lowest BCUT2D eigenvalue weighted by Gasteiger charge is -2.26. The van der Waals surface area contributed by atoms with Gasteiger partial charge in [-0.3, -0.25) is 9.36 Å². The summed E-state index contributed by atoms with van der Waals surface area (Å²) < 4.78 is 13.1.